The number of carboxylic acid groups (broad SMARTS) is 1. The number of hydrogen-bond donors (Lipinski definition) is 2. The summed E-state index contributed by atoms with van der Waals surface area (Å²) < 4.78 is 0. The van der Waals surface area contributed by atoms with Crippen molar-refractivity contribution in [3.05, 3.63) is 42.0 Å². The molecule has 1 aliphatic rings. The minimum Gasteiger partial charge on any atom is -0.481 e. The lowest BCUT2D eigenvalue weighted by atomic mass is 9.82. The van der Waals surface area contributed by atoms with Crippen LogP contribution >= 0.6 is 0 Å². The summed E-state index contributed by atoms with van der Waals surface area (Å²) in [5, 5.41) is 11.9. The molecule has 1 aromatic carbocycles. The van der Waals surface area contributed by atoms with Gasteiger partial charge in [0, 0.05) is 11.3 Å². The standard InChI is InChI=1S/C16H17NO4/c1-10(18)11-5-4-6-12(9-11)17-15(19)13-7-2-3-8-14(13)16(20)21/h2-6,9,13-14H,7-8H2,1H3,(H,17,19)(H,20,21). The molecule has 0 aliphatic heterocycles. The number of Topliss-reactive ketones (excluding diaryl/α,β-unsaturated/α-hetero) is 1. The van der Waals surface area contributed by atoms with E-state index in [1.807, 2.05) is 6.08 Å². The van der Waals surface area contributed by atoms with Gasteiger partial charge in [-0.1, -0.05) is 24.3 Å². The molecule has 1 aromatic rings. The van der Waals surface area contributed by atoms with Crippen molar-refractivity contribution >= 4 is 23.3 Å². The zero-order valence-electron chi connectivity index (χ0n) is 11.7. The first-order valence-electron chi connectivity index (χ1n) is 6.78. The Kier molecular flexibility index (Phi) is 4.52. The number of hydrogen-bond acceptors (Lipinski definition) is 3. The minimum absolute atomic E-state index is 0.0879. The summed E-state index contributed by atoms with van der Waals surface area (Å²) in [6.07, 6.45) is 4.39. The Morgan fingerprint density at radius 3 is 2.43 bits per heavy atom. The topological polar surface area (TPSA) is 83.5 Å². The van der Waals surface area contributed by atoms with Crippen molar-refractivity contribution in [2.45, 2.75) is 19.8 Å². The van der Waals surface area contributed by atoms with E-state index in [0.29, 0.717) is 24.1 Å². The quantitative estimate of drug-likeness (QED) is 0.658. The molecule has 5 nitrogen and oxygen atoms in total. The number of rotatable bonds is 4. The normalized spacial score (nSPS) is 20.8. The van der Waals surface area contributed by atoms with Crippen molar-refractivity contribution in [3.8, 4) is 0 Å². The molecule has 0 saturated heterocycles. The SMILES string of the molecule is CC(=O)c1cccc(NC(=O)C2CC=CCC2C(=O)O)c1. The van der Waals surface area contributed by atoms with Gasteiger partial charge in [0.2, 0.25) is 5.91 Å². The van der Waals surface area contributed by atoms with Gasteiger partial charge in [-0.25, -0.2) is 0 Å². The van der Waals surface area contributed by atoms with Gasteiger partial charge in [0.1, 0.15) is 0 Å². The molecule has 5 heteroatoms. The number of carbonyl (C=O) groups is 3. The molecule has 21 heavy (non-hydrogen) atoms. The van der Waals surface area contributed by atoms with Gasteiger partial charge < -0.3 is 10.4 Å². The third-order valence-corrected chi connectivity index (χ3v) is 3.62. The van der Waals surface area contributed by atoms with Gasteiger partial charge in [-0.15, -0.1) is 0 Å². The van der Waals surface area contributed by atoms with Crippen molar-refractivity contribution < 1.29 is 19.5 Å². The number of aliphatic carboxylic acids is 1. The summed E-state index contributed by atoms with van der Waals surface area (Å²) in [4.78, 5) is 34.8. The number of anilines is 1. The first-order chi connectivity index (χ1) is 9.99. The van der Waals surface area contributed by atoms with Crippen molar-refractivity contribution in [1.29, 1.82) is 0 Å². The number of allylic oxidation sites excluding steroid dienone is 2. The van der Waals surface area contributed by atoms with Crippen molar-refractivity contribution in [3.63, 3.8) is 0 Å². The molecule has 0 aromatic heterocycles. The van der Waals surface area contributed by atoms with E-state index in [2.05, 4.69) is 5.32 Å². The molecule has 0 radical (unpaired) electrons. The predicted octanol–water partition coefficient (Wildman–Crippen LogP) is 2.49. The molecule has 1 amide bonds. The molecule has 2 N–H and O–H groups in total. The summed E-state index contributed by atoms with van der Waals surface area (Å²) in [6.45, 7) is 1.45. The van der Waals surface area contributed by atoms with Gasteiger partial charge in [-0.3, -0.25) is 14.4 Å². The zero-order valence-corrected chi connectivity index (χ0v) is 11.7. The Balaban J connectivity index is 2.13. The lowest BCUT2D eigenvalue weighted by Gasteiger charge is -2.24. The number of ketones is 1. The smallest absolute Gasteiger partial charge is 0.307 e. The van der Waals surface area contributed by atoms with Gasteiger partial charge in [0.05, 0.1) is 11.8 Å². The van der Waals surface area contributed by atoms with Crippen molar-refractivity contribution in [1.82, 2.24) is 0 Å². The fourth-order valence-corrected chi connectivity index (χ4v) is 2.43. The second-order valence-corrected chi connectivity index (χ2v) is 5.12. The molecule has 0 saturated carbocycles. The summed E-state index contributed by atoms with van der Waals surface area (Å²) >= 11 is 0. The Morgan fingerprint density at radius 2 is 1.81 bits per heavy atom. The fourth-order valence-electron chi connectivity index (χ4n) is 2.43. The Bertz CT molecular complexity index is 606. The second-order valence-electron chi connectivity index (χ2n) is 5.12. The predicted molar refractivity (Wildman–Crippen MR) is 78.1 cm³/mol. The van der Waals surface area contributed by atoms with E-state index in [-0.39, 0.29) is 11.7 Å². The van der Waals surface area contributed by atoms with Crippen molar-refractivity contribution in [2.24, 2.45) is 11.8 Å². The van der Waals surface area contributed by atoms with E-state index < -0.39 is 17.8 Å². The van der Waals surface area contributed by atoms with E-state index in [4.69, 9.17) is 0 Å². The van der Waals surface area contributed by atoms with Gasteiger partial charge in [-0.2, -0.15) is 0 Å². The molecule has 1 aliphatic carbocycles. The Morgan fingerprint density at radius 1 is 1.14 bits per heavy atom. The highest BCUT2D eigenvalue weighted by atomic mass is 16.4. The van der Waals surface area contributed by atoms with Gasteiger partial charge in [0.25, 0.3) is 0 Å². The van der Waals surface area contributed by atoms with Crippen LogP contribution in [0.3, 0.4) is 0 Å². The van der Waals surface area contributed by atoms with Crippen LogP contribution in [0.4, 0.5) is 5.69 Å². The van der Waals surface area contributed by atoms with E-state index in [9.17, 15) is 19.5 Å². The van der Waals surface area contributed by atoms with Crippen LogP contribution in [0, 0.1) is 11.8 Å². The molecule has 2 unspecified atom stereocenters. The highest BCUT2D eigenvalue weighted by Gasteiger charge is 2.33. The lowest BCUT2D eigenvalue weighted by Crippen LogP contribution is -2.34. The fraction of sp³-hybridized carbons (Fsp3) is 0.312. The Labute approximate surface area is 122 Å². The molecule has 0 spiro atoms. The minimum atomic E-state index is -0.961. The van der Waals surface area contributed by atoms with Crippen LogP contribution in [0.2, 0.25) is 0 Å². The molecule has 0 fully saturated rings. The van der Waals surface area contributed by atoms with Crippen LogP contribution in [0.25, 0.3) is 0 Å². The molecule has 110 valence electrons. The van der Waals surface area contributed by atoms with Crippen LogP contribution < -0.4 is 5.32 Å². The summed E-state index contributed by atoms with van der Waals surface area (Å²) in [5.74, 6) is -2.67. The third kappa shape index (κ3) is 3.56. The molecule has 2 atom stereocenters. The van der Waals surface area contributed by atoms with E-state index in [1.165, 1.54) is 6.92 Å². The van der Waals surface area contributed by atoms with Crippen LogP contribution in [0.15, 0.2) is 36.4 Å². The van der Waals surface area contributed by atoms with Crippen LogP contribution in [0.1, 0.15) is 30.1 Å². The van der Waals surface area contributed by atoms with Gasteiger partial charge in [0.15, 0.2) is 5.78 Å². The maximum Gasteiger partial charge on any atom is 0.307 e. The monoisotopic (exact) mass is 287 g/mol. The number of benzene rings is 1. The van der Waals surface area contributed by atoms with Crippen molar-refractivity contribution in [2.75, 3.05) is 5.32 Å². The van der Waals surface area contributed by atoms with E-state index in [0.717, 1.165) is 0 Å². The second kappa shape index (κ2) is 6.35. The molecular weight excluding hydrogens is 270 g/mol. The number of nitrogens with one attached hydrogen (secondary N) is 1. The molecule has 0 heterocycles. The maximum atomic E-state index is 12.3. The average molecular weight is 287 g/mol. The summed E-state index contributed by atoms with van der Waals surface area (Å²) in [5.41, 5.74) is 1.01. The number of carboxylic acids is 1. The van der Waals surface area contributed by atoms with Crippen LogP contribution in [-0.4, -0.2) is 22.8 Å². The molecular formula is C16H17NO4. The van der Waals surface area contributed by atoms with Gasteiger partial charge >= 0.3 is 5.97 Å². The highest BCUT2D eigenvalue weighted by molar-refractivity contribution is 5.98. The lowest BCUT2D eigenvalue weighted by molar-refractivity contribution is -0.146. The van der Waals surface area contributed by atoms with Gasteiger partial charge in [-0.05, 0) is 31.9 Å². The summed E-state index contributed by atoms with van der Waals surface area (Å²) in [6, 6.07) is 6.62. The average Bonchev–Trinajstić information content (AvgIpc) is 2.47. The summed E-state index contributed by atoms with van der Waals surface area (Å²) in [7, 11) is 0. The highest BCUT2D eigenvalue weighted by Crippen LogP contribution is 2.27. The number of carbonyl (C=O) groups excluding carboxylic acids is 2. The Hall–Kier alpha value is -2.43. The largest absolute Gasteiger partial charge is 0.481 e. The van der Waals surface area contributed by atoms with E-state index in [1.54, 1.807) is 30.3 Å². The molecule has 2 rings (SSSR count). The van der Waals surface area contributed by atoms with Crippen LogP contribution in [0.5, 0.6) is 0 Å². The first-order valence-corrected chi connectivity index (χ1v) is 6.78. The number of amides is 1. The zero-order chi connectivity index (χ0) is 15.4. The first kappa shape index (κ1) is 15.0. The maximum absolute atomic E-state index is 12.3. The van der Waals surface area contributed by atoms with Crippen LogP contribution in [-0.2, 0) is 9.59 Å². The van der Waals surface area contributed by atoms with E-state index >= 15 is 0 Å². The third-order valence-electron chi connectivity index (χ3n) is 3.62. The molecule has 0 bridgehead atoms.